The van der Waals surface area contributed by atoms with Gasteiger partial charge in [-0.2, -0.15) is 0 Å². The van der Waals surface area contributed by atoms with E-state index in [4.69, 9.17) is 11.6 Å². The first-order chi connectivity index (χ1) is 2.64. The summed E-state index contributed by atoms with van der Waals surface area (Å²) in [6.07, 6.45) is 0. The molecule has 0 fully saturated rings. The van der Waals surface area contributed by atoms with E-state index in [1.54, 1.807) is 0 Å². The molecule has 0 aliphatic heterocycles. The van der Waals surface area contributed by atoms with Gasteiger partial charge in [-0.3, -0.25) is 4.79 Å². The van der Waals surface area contributed by atoms with Crippen LogP contribution in [0.2, 0.25) is 0 Å². The third-order valence-electron chi connectivity index (χ3n) is 0.213. The third-order valence-corrected chi connectivity index (χ3v) is 1.03. The molecule has 34 valence electrons. The van der Waals surface area contributed by atoms with Gasteiger partial charge in [0.2, 0.25) is 0 Å². The van der Waals surface area contributed by atoms with Gasteiger partial charge in [0.25, 0.3) is 5.24 Å². The fraction of sp³-hybridized carbons (Fsp3) is 0. The van der Waals surface area contributed by atoms with Crippen molar-refractivity contribution in [3.05, 3.63) is 11.1 Å². The molecule has 0 radical (unpaired) electrons. The zero-order chi connectivity index (χ0) is 5.15. The van der Waals surface area contributed by atoms with Crippen LogP contribution >= 0.6 is 27.5 Å². The van der Waals surface area contributed by atoms with Crippen LogP contribution in [0.1, 0.15) is 0 Å². The molecular weight excluding hydrogens is 167 g/mol. The molecule has 0 saturated carbocycles. The molecule has 0 atom stereocenters. The van der Waals surface area contributed by atoms with Crippen LogP contribution < -0.4 is 0 Å². The minimum absolute atomic E-state index is 0.198. The van der Waals surface area contributed by atoms with Gasteiger partial charge in [-0.25, -0.2) is 0 Å². The number of rotatable bonds is 1. The van der Waals surface area contributed by atoms with E-state index in [9.17, 15) is 4.79 Å². The van der Waals surface area contributed by atoms with E-state index in [-0.39, 0.29) is 4.48 Å². The van der Waals surface area contributed by atoms with Crippen molar-refractivity contribution in [1.29, 1.82) is 0 Å². The maximum atomic E-state index is 9.76. The van der Waals surface area contributed by atoms with Crippen molar-refractivity contribution >= 4 is 32.8 Å². The maximum absolute atomic E-state index is 9.76. The van der Waals surface area contributed by atoms with Crippen molar-refractivity contribution < 1.29 is 4.79 Å². The first kappa shape index (κ1) is 6.18. The lowest BCUT2D eigenvalue weighted by Crippen LogP contribution is -1.77. The minimum Gasteiger partial charge on any atom is -0.275 e. The number of hydrogen-bond acceptors (Lipinski definition) is 1. The molecule has 0 N–H and O–H groups in total. The molecule has 0 aliphatic carbocycles. The van der Waals surface area contributed by atoms with Crippen LogP contribution in [-0.2, 0) is 4.79 Å². The Morgan fingerprint density at radius 3 is 2.00 bits per heavy atom. The standard InChI is InChI=1S/C3H2BrClO/c1-2(4)3(5)6/h1H2. The first-order valence-electron chi connectivity index (χ1n) is 1.19. The average Bonchev–Trinajstić information content (AvgIpc) is 1.36. The summed E-state index contributed by atoms with van der Waals surface area (Å²) in [5.74, 6) is 0. The van der Waals surface area contributed by atoms with Crippen molar-refractivity contribution in [3.63, 3.8) is 0 Å². The van der Waals surface area contributed by atoms with Crippen LogP contribution in [0.25, 0.3) is 0 Å². The number of hydrogen-bond donors (Lipinski definition) is 0. The van der Waals surface area contributed by atoms with Gasteiger partial charge in [-0.15, -0.1) is 0 Å². The van der Waals surface area contributed by atoms with E-state index in [1.807, 2.05) is 0 Å². The van der Waals surface area contributed by atoms with Gasteiger partial charge >= 0.3 is 0 Å². The van der Waals surface area contributed by atoms with Crippen molar-refractivity contribution in [2.75, 3.05) is 0 Å². The molecular formula is C3H2BrClO. The third kappa shape index (κ3) is 2.42. The summed E-state index contributed by atoms with van der Waals surface area (Å²) in [6, 6.07) is 0. The van der Waals surface area contributed by atoms with Gasteiger partial charge in [0, 0.05) is 0 Å². The second-order valence-corrected chi connectivity index (χ2v) is 1.98. The quantitative estimate of drug-likeness (QED) is 0.431. The summed E-state index contributed by atoms with van der Waals surface area (Å²) in [5.41, 5.74) is 0. The predicted octanol–water partition coefficient (Wildman–Crippen LogP) is 1.66. The Balaban J connectivity index is 3.57. The number of carbonyl (C=O) groups is 1. The van der Waals surface area contributed by atoms with Gasteiger partial charge in [-0.1, -0.05) is 6.58 Å². The smallest absolute Gasteiger partial charge is 0.258 e. The summed E-state index contributed by atoms with van der Waals surface area (Å²) in [7, 11) is 0. The molecule has 0 aromatic heterocycles. The van der Waals surface area contributed by atoms with Crippen LogP contribution in [0.15, 0.2) is 11.1 Å². The van der Waals surface area contributed by atoms with Gasteiger partial charge in [0.05, 0.1) is 4.48 Å². The molecule has 0 amide bonds. The Morgan fingerprint density at radius 1 is 1.83 bits per heavy atom. The lowest BCUT2D eigenvalue weighted by Gasteiger charge is -1.74. The molecule has 0 bridgehead atoms. The van der Waals surface area contributed by atoms with Gasteiger partial charge in [0.1, 0.15) is 0 Å². The van der Waals surface area contributed by atoms with Crippen LogP contribution in [-0.4, -0.2) is 5.24 Å². The molecule has 0 saturated heterocycles. The highest BCUT2D eigenvalue weighted by atomic mass is 79.9. The summed E-state index contributed by atoms with van der Waals surface area (Å²) in [4.78, 5) is 9.76. The van der Waals surface area contributed by atoms with Gasteiger partial charge in [-0.05, 0) is 27.5 Å². The highest BCUT2D eigenvalue weighted by Gasteiger charge is 1.92. The van der Waals surface area contributed by atoms with Crippen molar-refractivity contribution in [1.82, 2.24) is 0 Å². The topological polar surface area (TPSA) is 17.1 Å². The number of carbonyl (C=O) groups excluding carboxylic acids is 1. The molecule has 0 aromatic rings. The monoisotopic (exact) mass is 168 g/mol. The molecule has 0 heterocycles. The highest BCUT2D eigenvalue weighted by molar-refractivity contribution is 9.12. The normalized spacial score (nSPS) is 7.67. The largest absolute Gasteiger partial charge is 0.275 e. The average molecular weight is 169 g/mol. The second-order valence-electron chi connectivity index (χ2n) is 0.679. The van der Waals surface area contributed by atoms with E-state index in [0.717, 1.165) is 0 Å². The predicted molar refractivity (Wildman–Crippen MR) is 28.9 cm³/mol. The van der Waals surface area contributed by atoms with E-state index >= 15 is 0 Å². The van der Waals surface area contributed by atoms with Crippen LogP contribution in [0.3, 0.4) is 0 Å². The van der Waals surface area contributed by atoms with Crippen molar-refractivity contribution in [2.45, 2.75) is 0 Å². The molecule has 3 heteroatoms. The van der Waals surface area contributed by atoms with Crippen molar-refractivity contribution in [3.8, 4) is 0 Å². The molecule has 0 spiro atoms. The van der Waals surface area contributed by atoms with Crippen LogP contribution in [0.5, 0.6) is 0 Å². The lowest BCUT2D eigenvalue weighted by atomic mass is 10.7. The minimum atomic E-state index is -0.546. The Bertz CT molecular complexity index is 76.8. The fourth-order valence-electron chi connectivity index (χ4n) is 0. The van der Waals surface area contributed by atoms with E-state index in [0.29, 0.717) is 0 Å². The number of halogens is 2. The molecule has 0 aliphatic rings. The Kier molecular flexibility index (Phi) is 2.44. The van der Waals surface area contributed by atoms with E-state index < -0.39 is 5.24 Å². The molecule has 1 nitrogen and oxygen atoms in total. The van der Waals surface area contributed by atoms with Crippen LogP contribution in [0, 0.1) is 0 Å². The Labute approximate surface area is 49.1 Å². The zero-order valence-electron chi connectivity index (χ0n) is 2.87. The van der Waals surface area contributed by atoms with Crippen LogP contribution in [0.4, 0.5) is 0 Å². The Morgan fingerprint density at radius 2 is 2.00 bits per heavy atom. The highest BCUT2D eigenvalue weighted by Crippen LogP contribution is 2.03. The molecule has 0 unspecified atom stereocenters. The summed E-state index contributed by atoms with van der Waals surface area (Å²) in [5, 5.41) is -0.546. The molecule has 0 aromatic carbocycles. The van der Waals surface area contributed by atoms with Gasteiger partial charge in [0.15, 0.2) is 0 Å². The maximum Gasteiger partial charge on any atom is 0.258 e. The zero-order valence-corrected chi connectivity index (χ0v) is 5.21. The SMILES string of the molecule is C=C(Br)C(=O)Cl. The number of allylic oxidation sites excluding steroid dienone is 1. The van der Waals surface area contributed by atoms with Crippen molar-refractivity contribution in [2.24, 2.45) is 0 Å². The summed E-state index contributed by atoms with van der Waals surface area (Å²) in [6.45, 7) is 3.19. The lowest BCUT2D eigenvalue weighted by molar-refractivity contribution is -0.107. The molecule has 0 rings (SSSR count). The fourth-order valence-corrected chi connectivity index (χ4v) is 0. The molecule has 6 heavy (non-hydrogen) atoms. The van der Waals surface area contributed by atoms with E-state index in [2.05, 4.69) is 22.5 Å². The summed E-state index contributed by atoms with van der Waals surface area (Å²) < 4.78 is 0.198. The van der Waals surface area contributed by atoms with E-state index in [1.165, 1.54) is 0 Å². The summed E-state index contributed by atoms with van der Waals surface area (Å²) >= 11 is 7.59. The van der Waals surface area contributed by atoms with Gasteiger partial charge < -0.3 is 0 Å². The first-order valence-corrected chi connectivity index (χ1v) is 2.36. The Hall–Kier alpha value is 0.180. The second kappa shape index (κ2) is 2.37.